The number of carboxylic acids is 1. The molecule has 0 saturated heterocycles. The Bertz CT molecular complexity index is 1210. The van der Waals surface area contributed by atoms with Crippen LogP contribution < -0.4 is 9.46 Å². The summed E-state index contributed by atoms with van der Waals surface area (Å²) in [4.78, 5) is 10.8. The van der Waals surface area contributed by atoms with Gasteiger partial charge in [0.05, 0.1) is 17.6 Å². The minimum absolute atomic E-state index is 0.0839. The van der Waals surface area contributed by atoms with E-state index in [2.05, 4.69) is 4.72 Å². The number of aliphatic hydroxyl groups excluding tert-OH is 1. The Kier molecular flexibility index (Phi) is 8.84. The molecule has 3 aromatic carbocycles. The van der Waals surface area contributed by atoms with Crippen molar-refractivity contribution in [1.82, 2.24) is 0 Å². The predicted molar refractivity (Wildman–Crippen MR) is 131 cm³/mol. The van der Waals surface area contributed by atoms with Crippen molar-refractivity contribution in [3.8, 4) is 5.75 Å². The van der Waals surface area contributed by atoms with Gasteiger partial charge in [0.25, 0.3) is 10.0 Å². The van der Waals surface area contributed by atoms with Gasteiger partial charge in [0.1, 0.15) is 5.75 Å². The molecule has 0 aliphatic heterocycles. The number of aliphatic hydroxyl groups is 1. The molecule has 34 heavy (non-hydrogen) atoms. The van der Waals surface area contributed by atoms with Crippen molar-refractivity contribution in [3.63, 3.8) is 0 Å². The molecule has 0 amide bonds. The fraction of sp³-hybridized carbons (Fsp3) is 0.192. The molecule has 0 aromatic heterocycles. The first kappa shape index (κ1) is 25.0. The standard InChI is InChI=1S/C26H27NO6S/c28-23(17-18-33-24-14-10-20(11-15-24)12-16-26(29)30)13-9-21-5-4-6-22(19-21)27-34(31,32)25-7-2-1-3-8-25/h1-11,13-15,19,23,27-28H,12,16-18H2,(H,29,30)/b13-9+/t23-/m0/s1. The van der Waals surface area contributed by atoms with Crippen LogP contribution in [0.4, 0.5) is 5.69 Å². The average molecular weight is 482 g/mol. The van der Waals surface area contributed by atoms with Crippen LogP contribution in [0.15, 0.2) is 89.8 Å². The van der Waals surface area contributed by atoms with E-state index in [1.165, 1.54) is 12.1 Å². The van der Waals surface area contributed by atoms with Crippen LogP contribution in [0.5, 0.6) is 5.75 Å². The quantitative estimate of drug-likeness (QED) is 0.355. The second-order valence-electron chi connectivity index (χ2n) is 7.65. The van der Waals surface area contributed by atoms with E-state index >= 15 is 0 Å². The Labute approximate surface area is 199 Å². The van der Waals surface area contributed by atoms with Crippen LogP contribution in [0.1, 0.15) is 24.0 Å². The SMILES string of the molecule is O=C(O)CCc1ccc(OCC[C@@H](O)/C=C/c2cccc(NS(=O)(=O)c3ccccc3)c2)cc1. The Morgan fingerprint density at radius 2 is 1.74 bits per heavy atom. The molecule has 3 N–H and O–H groups in total. The van der Waals surface area contributed by atoms with E-state index in [0.717, 1.165) is 11.1 Å². The third-order valence-electron chi connectivity index (χ3n) is 4.94. The highest BCUT2D eigenvalue weighted by molar-refractivity contribution is 7.92. The van der Waals surface area contributed by atoms with Gasteiger partial charge < -0.3 is 14.9 Å². The molecular weight excluding hydrogens is 454 g/mol. The van der Waals surface area contributed by atoms with E-state index in [9.17, 15) is 18.3 Å². The molecule has 0 spiro atoms. The zero-order valence-electron chi connectivity index (χ0n) is 18.5. The number of hydrogen-bond acceptors (Lipinski definition) is 5. The number of nitrogens with one attached hydrogen (secondary N) is 1. The van der Waals surface area contributed by atoms with Crippen LogP contribution in [0.2, 0.25) is 0 Å². The molecule has 1 atom stereocenters. The Hall–Kier alpha value is -3.62. The van der Waals surface area contributed by atoms with Crippen LogP contribution in [-0.4, -0.2) is 37.3 Å². The lowest BCUT2D eigenvalue weighted by atomic mass is 10.1. The second-order valence-corrected chi connectivity index (χ2v) is 9.33. The van der Waals surface area contributed by atoms with Crippen molar-refractivity contribution in [2.75, 3.05) is 11.3 Å². The highest BCUT2D eigenvalue weighted by atomic mass is 32.2. The lowest BCUT2D eigenvalue weighted by molar-refractivity contribution is -0.136. The van der Waals surface area contributed by atoms with E-state index in [0.29, 0.717) is 30.9 Å². The first-order chi connectivity index (χ1) is 16.3. The van der Waals surface area contributed by atoms with Gasteiger partial charge in [-0.25, -0.2) is 8.42 Å². The molecule has 0 aliphatic rings. The van der Waals surface area contributed by atoms with E-state index in [-0.39, 0.29) is 11.3 Å². The summed E-state index contributed by atoms with van der Waals surface area (Å²) in [5, 5.41) is 19.0. The van der Waals surface area contributed by atoms with E-state index in [1.54, 1.807) is 60.7 Å². The lowest BCUT2D eigenvalue weighted by Crippen LogP contribution is -2.12. The van der Waals surface area contributed by atoms with Crippen LogP contribution in [0.25, 0.3) is 6.08 Å². The van der Waals surface area contributed by atoms with Gasteiger partial charge in [0, 0.05) is 18.5 Å². The highest BCUT2D eigenvalue weighted by Crippen LogP contribution is 2.18. The molecule has 7 nitrogen and oxygen atoms in total. The fourth-order valence-corrected chi connectivity index (χ4v) is 4.21. The van der Waals surface area contributed by atoms with Crippen LogP contribution in [-0.2, 0) is 21.2 Å². The summed E-state index contributed by atoms with van der Waals surface area (Å²) in [6.45, 7) is 0.302. The number of hydrogen-bond donors (Lipinski definition) is 3. The van der Waals surface area contributed by atoms with Gasteiger partial charge in [0.15, 0.2) is 0 Å². The summed E-state index contributed by atoms with van der Waals surface area (Å²) in [6, 6.07) is 22.2. The van der Waals surface area contributed by atoms with E-state index in [1.807, 2.05) is 18.2 Å². The van der Waals surface area contributed by atoms with Gasteiger partial charge >= 0.3 is 5.97 Å². The second kappa shape index (κ2) is 12.0. The molecule has 3 aromatic rings. The summed E-state index contributed by atoms with van der Waals surface area (Å²) < 4.78 is 33.2. The number of carbonyl (C=O) groups is 1. The zero-order valence-corrected chi connectivity index (χ0v) is 19.3. The zero-order chi connectivity index (χ0) is 24.4. The van der Waals surface area contributed by atoms with Crippen molar-refractivity contribution in [2.24, 2.45) is 0 Å². The smallest absolute Gasteiger partial charge is 0.303 e. The Morgan fingerprint density at radius 1 is 1.00 bits per heavy atom. The summed E-state index contributed by atoms with van der Waals surface area (Å²) in [5.41, 5.74) is 2.09. The first-order valence-electron chi connectivity index (χ1n) is 10.8. The minimum Gasteiger partial charge on any atom is -0.493 e. The van der Waals surface area contributed by atoms with Gasteiger partial charge in [-0.05, 0) is 53.9 Å². The molecule has 0 fully saturated rings. The van der Waals surface area contributed by atoms with Crippen LogP contribution in [0.3, 0.4) is 0 Å². The summed E-state index contributed by atoms with van der Waals surface area (Å²) in [7, 11) is -3.68. The molecular formula is C26H27NO6S. The maximum absolute atomic E-state index is 12.5. The topological polar surface area (TPSA) is 113 Å². The maximum Gasteiger partial charge on any atom is 0.303 e. The number of aryl methyl sites for hydroxylation is 1. The first-order valence-corrected chi connectivity index (χ1v) is 12.3. The predicted octanol–water partition coefficient (Wildman–Crippen LogP) is 4.35. The number of carboxylic acid groups (broad SMARTS) is 1. The van der Waals surface area contributed by atoms with Crippen LogP contribution in [0, 0.1) is 0 Å². The van der Waals surface area contributed by atoms with Crippen molar-refractivity contribution in [1.29, 1.82) is 0 Å². The number of aliphatic carboxylic acids is 1. The van der Waals surface area contributed by atoms with Crippen molar-refractivity contribution >= 4 is 27.8 Å². The molecule has 0 unspecified atom stereocenters. The molecule has 0 bridgehead atoms. The fourth-order valence-electron chi connectivity index (χ4n) is 3.14. The van der Waals surface area contributed by atoms with Crippen LogP contribution >= 0.6 is 0 Å². The molecule has 0 aliphatic carbocycles. The Balaban J connectivity index is 1.48. The molecule has 3 rings (SSSR count). The monoisotopic (exact) mass is 481 g/mol. The molecule has 0 radical (unpaired) electrons. The van der Waals surface area contributed by atoms with E-state index in [4.69, 9.17) is 9.84 Å². The molecule has 8 heteroatoms. The largest absolute Gasteiger partial charge is 0.493 e. The summed E-state index contributed by atoms with van der Waals surface area (Å²) in [5.74, 6) is -0.184. The van der Waals surface area contributed by atoms with Gasteiger partial charge in [-0.3, -0.25) is 9.52 Å². The van der Waals surface area contributed by atoms with Gasteiger partial charge in [0.2, 0.25) is 0 Å². The maximum atomic E-state index is 12.5. The Morgan fingerprint density at radius 3 is 2.44 bits per heavy atom. The van der Waals surface area contributed by atoms with Gasteiger partial charge in [-0.2, -0.15) is 0 Å². The molecule has 0 saturated carbocycles. The molecule has 178 valence electrons. The minimum atomic E-state index is -3.68. The molecule has 0 heterocycles. The van der Waals surface area contributed by atoms with Crippen molar-refractivity contribution in [2.45, 2.75) is 30.3 Å². The third kappa shape index (κ3) is 8.06. The number of rotatable bonds is 12. The van der Waals surface area contributed by atoms with E-state index < -0.39 is 22.1 Å². The summed E-state index contributed by atoms with van der Waals surface area (Å²) >= 11 is 0. The van der Waals surface area contributed by atoms with Gasteiger partial charge in [-0.1, -0.05) is 54.6 Å². The van der Waals surface area contributed by atoms with Crippen molar-refractivity contribution in [3.05, 3.63) is 96.1 Å². The number of anilines is 1. The van der Waals surface area contributed by atoms with Gasteiger partial charge in [-0.15, -0.1) is 0 Å². The lowest BCUT2D eigenvalue weighted by Gasteiger charge is -2.10. The highest BCUT2D eigenvalue weighted by Gasteiger charge is 2.13. The normalized spacial score (nSPS) is 12.4. The number of sulfonamides is 1. The number of ether oxygens (including phenoxy) is 1. The average Bonchev–Trinajstić information content (AvgIpc) is 2.83. The third-order valence-corrected chi connectivity index (χ3v) is 6.33. The summed E-state index contributed by atoms with van der Waals surface area (Å²) in [6.07, 6.45) is 3.54. The number of benzene rings is 3. The van der Waals surface area contributed by atoms with Crippen molar-refractivity contribution < 1.29 is 28.2 Å².